The van der Waals surface area contributed by atoms with E-state index in [4.69, 9.17) is 0 Å². The Balaban J connectivity index is 2.37. The fourth-order valence-corrected chi connectivity index (χ4v) is 1.48. The van der Waals surface area contributed by atoms with Crippen LogP contribution in [0.4, 0.5) is 4.79 Å². The molecule has 0 aliphatic heterocycles. The second-order valence-electron chi connectivity index (χ2n) is 4.19. The normalized spacial score (nSPS) is 10.0. The summed E-state index contributed by atoms with van der Waals surface area (Å²) in [4.78, 5) is 24.5. The van der Waals surface area contributed by atoms with Crippen LogP contribution in [0, 0.1) is 13.8 Å². The van der Waals surface area contributed by atoms with E-state index in [0.29, 0.717) is 24.3 Å². The molecule has 0 aliphatic carbocycles. The highest BCUT2D eigenvalue weighted by molar-refractivity contribution is 5.96. The van der Waals surface area contributed by atoms with Crippen molar-refractivity contribution in [2.45, 2.75) is 13.8 Å². The fourth-order valence-electron chi connectivity index (χ4n) is 1.48. The molecule has 3 amide bonds. The number of carbonyl (C=O) groups excluding carboxylic acids is 2. The molecule has 0 spiro atoms. The smallest absolute Gasteiger partial charge is 0.316 e. The minimum atomic E-state index is -0.183. The molecule has 0 bridgehead atoms. The van der Waals surface area contributed by atoms with E-state index in [1.807, 2.05) is 0 Å². The summed E-state index contributed by atoms with van der Waals surface area (Å²) in [5, 5.41) is 12.1. The number of urea groups is 1. The molecule has 1 rings (SSSR count). The number of aryl methyl sites for hydroxylation is 2. The predicted molar refractivity (Wildman–Crippen MR) is 67.5 cm³/mol. The van der Waals surface area contributed by atoms with Crippen LogP contribution in [0.1, 0.15) is 21.7 Å². The van der Waals surface area contributed by atoms with Crippen LogP contribution in [-0.4, -0.2) is 54.2 Å². The number of nitrogens with one attached hydrogen (secondary N) is 3. The monoisotopic (exact) mass is 253 g/mol. The molecule has 100 valence electrons. The van der Waals surface area contributed by atoms with E-state index >= 15 is 0 Å². The predicted octanol–water partition coefficient (Wildman–Crippen LogP) is 0.0275. The maximum atomic E-state index is 11.8. The number of carbonyl (C=O) groups is 2. The van der Waals surface area contributed by atoms with Crippen LogP contribution in [0.2, 0.25) is 0 Å². The Bertz CT molecular complexity index is 419. The van der Waals surface area contributed by atoms with Crippen molar-refractivity contribution >= 4 is 11.9 Å². The van der Waals surface area contributed by atoms with Gasteiger partial charge in [0.05, 0.1) is 11.3 Å². The van der Waals surface area contributed by atoms with Gasteiger partial charge in [-0.15, -0.1) is 0 Å². The number of H-pyrrole nitrogens is 1. The van der Waals surface area contributed by atoms with E-state index in [9.17, 15) is 9.59 Å². The molecule has 7 nitrogen and oxygen atoms in total. The first-order valence-corrected chi connectivity index (χ1v) is 5.68. The second-order valence-corrected chi connectivity index (χ2v) is 4.19. The molecule has 0 saturated carbocycles. The van der Waals surface area contributed by atoms with E-state index in [1.54, 1.807) is 27.9 Å². The van der Waals surface area contributed by atoms with Crippen LogP contribution in [0.25, 0.3) is 0 Å². The number of hydrogen-bond donors (Lipinski definition) is 3. The fraction of sp³-hybridized carbons (Fsp3) is 0.545. The van der Waals surface area contributed by atoms with E-state index in [-0.39, 0.29) is 11.9 Å². The van der Waals surface area contributed by atoms with Crippen molar-refractivity contribution in [3.05, 3.63) is 17.0 Å². The van der Waals surface area contributed by atoms with Gasteiger partial charge in [0.1, 0.15) is 0 Å². The molecule has 0 fully saturated rings. The Morgan fingerprint density at radius 3 is 2.33 bits per heavy atom. The Hall–Kier alpha value is -2.05. The Kier molecular flexibility index (Phi) is 4.70. The summed E-state index contributed by atoms with van der Waals surface area (Å²) >= 11 is 0. The van der Waals surface area contributed by atoms with Gasteiger partial charge in [-0.05, 0) is 13.8 Å². The van der Waals surface area contributed by atoms with Crippen molar-refractivity contribution in [1.82, 2.24) is 25.7 Å². The molecular formula is C11H19N5O2. The van der Waals surface area contributed by atoms with Crippen molar-refractivity contribution in [2.24, 2.45) is 0 Å². The molecule has 1 aromatic rings. The third kappa shape index (κ3) is 3.47. The van der Waals surface area contributed by atoms with Gasteiger partial charge in [-0.3, -0.25) is 9.89 Å². The highest BCUT2D eigenvalue weighted by Gasteiger charge is 2.14. The Labute approximate surface area is 106 Å². The van der Waals surface area contributed by atoms with E-state index in [2.05, 4.69) is 20.8 Å². The van der Waals surface area contributed by atoms with Gasteiger partial charge in [-0.2, -0.15) is 5.10 Å². The van der Waals surface area contributed by atoms with Crippen LogP contribution >= 0.6 is 0 Å². The average Bonchev–Trinajstić information content (AvgIpc) is 2.63. The van der Waals surface area contributed by atoms with Crippen molar-refractivity contribution in [2.75, 3.05) is 27.2 Å². The summed E-state index contributed by atoms with van der Waals surface area (Å²) in [5.41, 5.74) is 1.97. The molecule has 18 heavy (non-hydrogen) atoms. The highest BCUT2D eigenvalue weighted by atomic mass is 16.2. The molecule has 0 unspecified atom stereocenters. The quantitative estimate of drug-likeness (QED) is 0.661. The Morgan fingerprint density at radius 1 is 1.22 bits per heavy atom. The summed E-state index contributed by atoms with van der Waals surface area (Å²) in [6.07, 6.45) is 0. The number of aromatic amines is 1. The van der Waals surface area contributed by atoms with Gasteiger partial charge in [-0.25, -0.2) is 4.79 Å². The topological polar surface area (TPSA) is 90.1 Å². The maximum Gasteiger partial charge on any atom is 0.316 e. The zero-order chi connectivity index (χ0) is 13.7. The van der Waals surface area contributed by atoms with Gasteiger partial charge < -0.3 is 15.5 Å². The van der Waals surface area contributed by atoms with Crippen molar-refractivity contribution < 1.29 is 9.59 Å². The van der Waals surface area contributed by atoms with Crippen LogP contribution < -0.4 is 10.6 Å². The number of aromatic nitrogens is 2. The van der Waals surface area contributed by atoms with E-state index in [1.165, 1.54) is 4.90 Å². The van der Waals surface area contributed by atoms with Gasteiger partial charge >= 0.3 is 6.03 Å². The molecule has 0 radical (unpaired) electrons. The third-order valence-corrected chi connectivity index (χ3v) is 2.45. The van der Waals surface area contributed by atoms with Gasteiger partial charge in [0, 0.05) is 32.9 Å². The molecule has 1 aromatic heterocycles. The minimum absolute atomic E-state index is 0.181. The first kappa shape index (κ1) is 14.0. The summed E-state index contributed by atoms with van der Waals surface area (Å²) in [7, 11) is 3.32. The standard InChI is InChI=1S/C11H19N5O2/c1-7-9(8(2)15-14-7)10(17)12-5-6-13-11(18)16(3)4/h5-6H2,1-4H3,(H,12,17)(H,13,18)(H,14,15). The molecule has 7 heteroatoms. The van der Waals surface area contributed by atoms with Crippen LogP contribution in [0.3, 0.4) is 0 Å². The highest BCUT2D eigenvalue weighted by Crippen LogP contribution is 2.08. The maximum absolute atomic E-state index is 11.8. The van der Waals surface area contributed by atoms with Gasteiger partial charge in [0.15, 0.2) is 0 Å². The number of nitrogens with zero attached hydrogens (tertiary/aromatic N) is 2. The molecule has 0 saturated heterocycles. The lowest BCUT2D eigenvalue weighted by Crippen LogP contribution is -2.39. The molecule has 1 heterocycles. The molecule has 0 aromatic carbocycles. The lowest BCUT2D eigenvalue weighted by molar-refractivity contribution is 0.0952. The van der Waals surface area contributed by atoms with E-state index < -0.39 is 0 Å². The second kappa shape index (κ2) is 6.04. The van der Waals surface area contributed by atoms with Crippen LogP contribution in [0.5, 0.6) is 0 Å². The van der Waals surface area contributed by atoms with Crippen LogP contribution in [0.15, 0.2) is 0 Å². The van der Waals surface area contributed by atoms with Crippen molar-refractivity contribution in [3.63, 3.8) is 0 Å². The van der Waals surface area contributed by atoms with Crippen molar-refractivity contribution in [3.8, 4) is 0 Å². The van der Waals surface area contributed by atoms with Gasteiger partial charge in [0.2, 0.25) is 0 Å². The number of rotatable bonds is 4. The first-order valence-electron chi connectivity index (χ1n) is 5.68. The summed E-state index contributed by atoms with van der Waals surface area (Å²) in [5.74, 6) is -0.183. The van der Waals surface area contributed by atoms with Crippen LogP contribution in [-0.2, 0) is 0 Å². The summed E-state index contributed by atoms with van der Waals surface area (Å²) in [6, 6.07) is -0.181. The average molecular weight is 253 g/mol. The zero-order valence-electron chi connectivity index (χ0n) is 11.1. The van der Waals surface area contributed by atoms with Crippen molar-refractivity contribution in [1.29, 1.82) is 0 Å². The van der Waals surface area contributed by atoms with E-state index in [0.717, 1.165) is 5.69 Å². The van der Waals surface area contributed by atoms with Gasteiger partial charge in [-0.1, -0.05) is 0 Å². The zero-order valence-corrected chi connectivity index (χ0v) is 11.1. The molecule has 0 aliphatic rings. The third-order valence-electron chi connectivity index (χ3n) is 2.45. The number of amides is 3. The molecule has 3 N–H and O–H groups in total. The lowest BCUT2D eigenvalue weighted by Gasteiger charge is -2.12. The minimum Gasteiger partial charge on any atom is -0.350 e. The summed E-state index contributed by atoms with van der Waals surface area (Å²) < 4.78 is 0. The number of hydrogen-bond acceptors (Lipinski definition) is 3. The largest absolute Gasteiger partial charge is 0.350 e. The first-order chi connectivity index (χ1) is 8.43. The lowest BCUT2D eigenvalue weighted by atomic mass is 10.2. The molecule has 0 atom stereocenters. The SMILES string of the molecule is Cc1n[nH]c(C)c1C(=O)NCCNC(=O)N(C)C. The summed E-state index contributed by atoms with van der Waals surface area (Å²) in [6.45, 7) is 4.33. The van der Waals surface area contributed by atoms with Gasteiger partial charge in [0.25, 0.3) is 5.91 Å². The Morgan fingerprint density at radius 2 is 1.83 bits per heavy atom. The molecular weight excluding hydrogens is 234 g/mol.